The monoisotopic (exact) mass is 363 g/mol. The standard InChI is InChI=1S/C14H18FN3O3S.ClH/c15-12-3-2-11(17-14(19)10-4-5-16-9-10)8-13(12)18-6-1-7-22(18,20)21;/h2-3,8,10,16H,1,4-7,9H2,(H,17,19);1H. The number of amides is 1. The molecule has 1 unspecified atom stereocenters. The van der Waals surface area contributed by atoms with Gasteiger partial charge in [-0.2, -0.15) is 0 Å². The zero-order chi connectivity index (χ0) is 15.7. The van der Waals surface area contributed by atoms with Crippen LogP contribution in [0.2, 0.25) is 0 Å². The Kier molecular flexibility index (Phi) is 5.49. The minimum atomic E-state index is -3.45. The van der Waals surface area contributed by atoms with Crippen LogP contribution in [0.1, 0.15) is 12.8 Å². The molecule has 0 aromatic heterocycles. The average Bonchev–Trinajstić information content (AvgIpc) is 3.10. The van der Waals surface area contributed by atoms with E-state index in [0.717, 1.165) is 17.3 Å². The molecule has 9 heteroatoms. The van der Waals surface area contributed by atoms with Crippen LogP contribution in [0.15, 0.2) is 18.2 Å². The molecule has 128 valence electrons. The molecule has 2 aliphatic heterocycles. The average molecular weight is 364 g/mol. The summed E-state index contributed by atoms with van der Waals surface area (Å²) in [6.45, 7) is 1.70. The lowest BCUT2D eigenvalue weighted by molar-refractivity contribution is -0.119. The molecule has 1 aromatic carbocycles. The van der Waals surface area contributed by atoms with Gasteiger partial charge in [0.05, 0.1) is 17.4 Å². The third kappa shape index (κ3) is 3.76. The fourth-order valence-electron chi connectivity index (χ4n) is 2.81. The van der Waals surface area contributed by atoms with Gasteiger partial charge in [0.2, 0.25) is 15.9 Å². The maximum Gasteiger partial charge on any atom is 0.235 e. The van der Waals surface area contributed by atoms with Crippen molar-refractivity contribution in [2.45, 2.75) is 12.8 Å². The SMILES string of the molecule is Cl.O=C(Nc1ccc(F)c(N2CCCS2(=O)=O)c1)C1CCNC1. The highest BCUT2D eigenvalue weighted by Gasteiger charge is 2.31. The Morgan fingerprint density at radius 1 is 1.39 bits per heavy atom. The third-order valence-electron chi connectivity index (χ3n) is 4.01. The lowest BCUT2D eigenvalue weighted by Gasteiger charge is -2.19. The van der Waals surface area contributed by atoms with Crippen LogP contribution in [0.25, 0.3) is 0 Å². The normalized spacial score (nSPS) is 22.7. The summed E-state index contributed by atoms with van der Waals surface area (Å²) >= 11 is 0. The molecule has 0 aliphatic carbocycles. The molecule has 1 aromatic rings. The Morgan fingerprint density at radius 2 is 2.17 bits per heavy atom. The Bertz CT molecular complexity index is 693. The number of nitrogens with one attached hydrogen (secondary N) is 2. The van der Waals surface area contributed by atoms with Crippen LogP contribution in [0, 0.1) is 11.7 Å². The van der Waals surface area contributed by atoms with Crippen LogP contribution in [-0.2, 0) is 14.8 Å². The number of anilines is 2. The van der Waals surface area contributed by atoms with Gasteiger partial charge >= 0.3 is 0 Å². The molecular formula is C14H19ClFN3O3S. The van der Waals surface area contributed by atoms with Crippen molar-refractivity contribution in [2.75, 3.05) is 35.0 Å². The van der Waals surface area contributed by atoms with Gasteiger partial charge in [-0.05, 0) is 37.6 Å². The van der Waals surface area contributed by atoms with Crippen LogP contribution >= 0.6 is 12.4 Å². The summed E-state index contributed by atoms with van der Waals surface area (Å²) in [4.78, 5) is 12.1. The molecule has 6 nitrogen and oxygen atoms in total. The number of nitrogens with zero attached hydrogens (tertiary/aromatic N) is 1. The highest BCUT2D eigenvalue weighted by Crippen LogP contribution is 2.29. The van der Waals surface area contributed by atoms with E-state index in [1.807, 2.05) is 0 Å². The van der Waals surface area contributed by atoms with Gasteiger partial charge in [-0.3, -0.25) is 9.10 Å². The van der Waals surface area contributed by atoms with Crippen molar-refractivity contribution < 1.29 is 17.6 Å². The van der Waals surface area contributed by atoms with E-state index < -0.39 is 15.8 Å². The highest BCUT2D eigenvalue weighted by atomic mass is 35.5. The lowest BCUT2D eigenvalue weighted by Crippen LogP contribution is -2.27. The molecule has 0 bridgehead atoms. The van der Waals surface area contributed by atoms with Gasteiger partial charge in [0.1, 0.15) is 5.82 Å². The van der Waals surface area contributed by atoms with Gasteiger partial charge in [-0.1, -0.05) is 0 Å². The van der Waals surface area contributed by atoms with E-state index in [1.165, 1.54) is 18.2 Å². The second kappa shape index (κ2) is 7.02. The van der Waals surface area contributed by atoms with Crippen LogP contribution in [-0.4, -0.2) is 39.7 Å². The minimum Gasteiger partial charge on any atom is -0.326 e. The number of hydrogen-bond acceptors (Lipinski definition) is 4. The Labute approximate surface area is 140 Å². The summed E-state index contributed by atoms with van der Waals surface area (Å²) in [7, 11) is -3.45. The molecule has 2 heterocycles. The molecular weight excluding hydrogens is 345 g/mol. The second-order valence-corrected chi connectivity index (χ2v) is 7.60. The summed E-state index contributed by atoms with van der Waals surface area (Å²) in [5.41, 5.74) is 0.412. The fourth-order valence-corrected chi connectivity index (χ4v) is 4.38. The zero-order valence-electron chi connectivity index (χ0n) is 12.4. The van der Waals surface area contributed by atoms with Gasteiger partial charge in [-0.25, -0.2) is 12.8 Å². The van der Waals surface area contributed by atoms with Crippen molar-refractivity contribution in [3.05, 3.63) is 24.0 Å². The lowest BCUT2D eigenvalue weighted by atomic mass is 10.1. The number of carbonyl (C=O) groups excluding carboxylic acids is 1. The van der Waals surface area contributed by atoms with E-state index in [0.29, 0.717) is 18.7 Å². The van der Waals surface area contributed by atoms with Crippen LogP contribution in [0.5, 0.6) is 0 Å². The Balaban J connectivity index is 0.00000192. The van der Waals surface area contributed by atoms with E-state index in [9.17, 15) is 17.6 Å². The summed E-state index contributed by atoms with van der Waals surface area (Å²) in [6.07, 6.45) is 1.24. The number of rotatable bonds is 3. The van der Waals surface area contributed by atoms with Crippen molar-refractivity contribution in [1.82, 2.24) is 5.32 Å². The highest BCUT2D eigenvalue weighted by molar-refractivity contribution is 7.93. The van der Waals surface area contributed by atoms with Crippen LogP contribution in [0.4, 0.5) is 15.8 Å². The first-order chi connectivity index (χ1) is 10.5. The molecule has 1 amide bonds. The predicted octanol–water partition coefficient (Wildman–Crippen LogP) is 1.34. The van der Waals surface area contributed by atoms with E-state index in [-0.39, 0.29) is 42.2 Å². The third-order valence-corrected chi connectivity index (χ3v) is 5.87. The summed E-state index contributed by atoms with van der Waals surface area (Å²) < 4.78 is 38.9. The van der Waals surface area contributed by atoms with Crippen molar-refractivity contribution in [1.29, 1.82) is 0 Å². The van der Waals surface area contributed by atoms with E-state index in [1.54, 1.807) is 0 Å². The number of sulfonamides is 1. The number of hydrogen-bond donors (Lipinski definition) is 2. The predicted molar refractivity (Wildman–Crippen MR) is 89.0 cm³/mol. The Hall–Kier alpha value is -1.38. The number of benzene rings is 1. The first-order valence-corrected chi connectivity index (χ1v) is 8.90. The summed E-state index contributed by atoms with van der Waals surface area (Å²) in [5, 5.41) is 5.84. The van der Waals surface area contributed by atoms with Crippen molar-refractivity contribution in [2.24, 2.45) is 5.92 Å². The van der Waals surface area contributed by atoms with Gasteiger partial charge in [0.25, 0.3) is 0 Å². The van der Waals surface area contributed by atoms with Gasteiger partial charge < -0.3 is 10.6 Å². The van der Waals surface area contributed by atoms with Crippen molar-refractivity contribution >= 4 is 39.7 Å². The Morgan fingerprint density at radius 3 is 2.78 bits per heavy atom. The first kappa shape index (κ1) is 18.0. The quantitative estimate of drug-likeness (QED) is 0.849. The van der Waals surface area contributed by atoms with Gasteiger partial charge in [0, 0.05) is 18.8 Å². The maximum atomic E-state index is 14.0. The van der Waals surface area contributed by atoms with E-state index in [2.05, 4.69) is 10.6 Å². The maximum absolute atomic E-state index is 14.0. The van der Waals surface area contributed by atoms with Crippen molar-refractivity contribution in [3.63, 3.8) is 0 Å². The zero-order valence-corrected chi connectivity index (χ0v) is 14.1. The molecule has 2 N–H and O–H groups in total. The largest absolute Gasteiger partial charge is 0.326 e. The second-order valence-electron chi connectivity index (χ2n) is 5.59. The molecule has 2 saturated heterocycles. The molecule has 23 heavy (non-hydrogen) atoms. The molecule has 3 rings (SSSR count). The fraction of sp³-hybridized carbons (Fsp3) is 0.500. The van der Waals surface area contributed by atoms with Crippen LogP contribution in [0.3, 0.4) is 0 Å². The van der Waals surface area contributed by atoms with Crippen molar-refractivity contribution in [3.8, 4) is 0 Å². The minimum absolute atomic E-state index is 0. The van der Waals surface area contributed by atoms with Gasteiger partial charge in [-0.15, -0.1) is 12.4 Å². The van der Waals surface area contributed by atoms with E-state index >= 15 is 0 Å². The molecule has 0 saturated carbocycles. The smallest absolute Gasteiger partial charge is 0.235 e. The van der Waals surface area contributed by atoms with Crippen LogP contribution < -0.4 is 14.9 Å². The topological polar surface area (TPSA) is 78.5 Å². The molecule has 1 atom stereocenters. The molecule has 2 fully saturated rings. The first-order valence-electron chi connectivity index (χ1n) is 7.29. The summed E-state index contributed by atoms with van der Waals surface area (Å²) in [5.74, 6) is -0.821. The molecule has 0 spiro atoms. The molecule has 2 aliphatic rings. The molecule has 0 radical (unpaired) electrons. The van der Waals surface area contributed by atoms with E-state index in [4.69, 9.17) is 0 Å². The summed E-state index contributed by atoms with van der Waals surface area (Å²) in [6, 6.07) is 4.02. The number of carbonyl (C=O) groups is 1. The van der Waals surface area contributed by atoms with Gasteiger partial charge in [0.15, 0.2) is 0 Å². The number of halogens is 2.